The van der Waals surface area contributed by atoms with E-state index in [-0.39, 0.29) is 5.91 Å². The molecule has 1 saturated carbocycles. The number of nitrogen functional groups attached to an aromatic ring is 1. The van der Waals surface area contributed by atoms with Crippen molar-refractivity contribution in [2.45, 2.75) is 44.6 Å². The van der Waals surface area contributed by atoms with E-state index in [2.05, 4.69) is 10.3 Å². The van der Waals surface area contributed by atoms with Gasteiger partial charge in [-0.3, -0.25) is 9.78 Å². The molecule has 1 heterocycles. The second-order valence-corrected chi connectivity index (χ2v) is 4.64. The number of nitrogens with zero attached hydrogens (tertiary/aromatic N) is 1. The molecule has 1 aliphatic carbocycles. The van der Waals surface area contributed by atoms with Gasteiger partial charge in [-0.2, -0.15) is 0 Å². The fraction of sp³-hybridized carbons (Fsp3) is 0.538. The third-order valence-corrected chi connectivity index (χ3v) is 3.21. The third-order valence-electron chi connectivity index (χ3n) is 3.21. The van der Waals surface area contributed by atoms with Gasteiger partial charge in [-0.1, -0.05) is 25.7 Å². The van der Waals surface area contributed by atoms with Crippen molar-refractivity contribution in [3.63, 3.8) is 0 Å². The number of aromatic nitrogens is 1. The van der Waals surface area contributed by atoms with Crippen LogP contribution in [0.1, 0.15) is 49.0 Å². The van der Waals surface area contributed by atoms with Crippen molar-refractivity contribution in [3.05, 3.63) is 24.0 Å². The van der Waals surface area contributed by atoms with Crippen LogP contribution in [0.2, 0.25) is 0 Å². The van der Waals surface area contributed by atoms with E-state index in [1.807, 2.05) is 0 Å². The molecular weight excluding hydrogens is 214 g/mol. The molecule has 1 aromatic heterocycles. The Labute approximate surface area is 102 Å². The molecule has 0 unspecified atom stereocenters. The number of nitrogens with two attached hydrogens (primary N) is 1. The molecule has 0 bridgehead atoms. The summed E-state index contributed by atoms with van der Waals surface area (Å²) < 4.78 is 0. The van der Waals surface area contributed by atoms with Gasteiger partial charge in [-0.15, -0.1) is 0 Å². The third kappa shape index (κ3) is 3.44. The van der Waals surface area contributed by atoms with E-state index in [1.54, 1.807) is 18.3 Å². The van der Waals surface area contributed by atoms with Gasteiger partial charge in [0.15, 0.2) is 0 Å². The average molecular weight is 233 g/mol. The van der Waals surface area contributed by atoms with Crippen LogP contribution >= 0.6 is 0 Å². The molecule has 3 N–H and O–H groups in total. The van der Waals surface area contributed by atoms with Gasteiger partial charge in [0.1, 0.15) is 5.69 Å². The lowest BCUT2D eigenvalue weighted by Crippen LogP contribution is -2.34. The SMILES string of the molecule is Nc1ccnc(C(=O)NC2CCCCCC2)c1. The summed E-state index contributed by atoms with van der Waals surface area (Å²) in [6, 6.07) is 3.60. The Morgan fingerprint density at radius 3 is 2.65 bits per heavy atom. The van der Waals surface area contributed by atoms with Crippen molar-refractivity contribution in [3.8, 4) is 0 Å². The second kappa shape index (κ2) is 5.66. The van der Waals surface area contributed by atoms with Crippen molar-refractivity contribution < 1.29 is 4.79 Å². The van der Waals surface area contributed by atoms with E-state index in [0.29, 0.717) is 17.4 Å². The van der Waals surface area contributed by atoms with Crippen LogP contribution in [0.15, 0.2) is 18.3 Å². The lowest BCUT2D eigenvalue weighted by atomic mass is 10.1. The van der Waals surface area contributed by atoms with Gasteiger partial charge in [-0.25, -0.2) is 0 Å². The van der Waals surface area contributed by atoms with E-state index in [0.717, 1.165) is 12.8 Å². The van der Waals surface area contributed by atoms with Gasteiger partial charge in [0.25, 0.3) is 5.91 Å². The summed E-state index contributed by atoms with van der Waals surface area (Å²) in [6.07, 6.45) is 8.69. The molecule has 92 valence electrons. The maximum Gasteiger partial charge on any atom is 0.270 e. The molecule has 0 aromatic carbocycles. The summed E-state index contributed by atoms with van der Waals surface area (Å²) in [7, 11) is 0. The van der Waals surface area contributed by atoms with Gasteiger partial charge in [0.05, 0.1) is 0 Å². The van der Waals surface area contributed by atoms with Gasteiger partial charge in [0, 0.05) is 17.9 Å². The minimum Gasteiger partial charge on any atom is -0.399 e. The van der Waals surface area contributed by atoms with E-state index in [1.165, 1.54) is 25.7 Å². The van der Waals surface area contributed by atoms with Crippen LogP contribution in [0.4, 0.5) is 5.69 Å². The molecule has 0 atom stereocenters. The zero-order chi connectivity index (χ0) is 12.1. The van der Waals surface area contributed by atoms with Gasteiger partial charge in [0.2, 0.25) is 0 Å². The fourth-order valence-corrected chi connectivity index (χ4v) is 2.25. The first-order valence-electron chi connectivity index (χ1n) is 6.28. The number of rotatable bonds is 2. The van der Waals surface area contributed by atoms with Gasteiger partial charge in [-0.05, 0) is 25.0 Å². The van der Waals surface area contributed by atoms with Crippen molar-refractivity contribution in [1.82, 2.24) is 10.3 Å². The lowest BCUT2D eigenvalue weighted by Gasteiger charge is -2.15. The smallest absolute Gasteiger partial charge is 0.270 e. The molecule has 4 nitrogen and oxygen atoms in total. The summed E-state index contributed by atoms with van der Waals surface area (Å²) >= 11 is 0. The largest absolute Gasteiger partial charge is 0.399 e. The maximum atomic E-state index is 11.9. The van der Waals surface area contributed by atoms with Crippen LogP contribution in [0, 0.1) is 0 Å². The zero-order valence-corrected chi connectivity index (χ0v) is 9.98. The van der Waals surface area contributed by atoms with E-state index < -0.39 is 0 Å². The maximum absolute atomic E-state index is 11.9. The van der Waals surface area contributed by atoms with Gasteiger partial charge >= 0.3 is 0 Å². The molecule has 0 aliphatic heterocycles. The minimum atomic E-state index is -0.107. The van der Waals surface area contributed by atoms with Crippen molar-refractivity contribution >= 4 is 11.6 Å². The molecule has 4 heteroatoms. The van der Waals surface area contributed by atoms with Crippen LogP contribution in [0.5, 0.6) is 0 Å². The van der Waals surface area contributed by atoms with Crippen molar-refractivity contribution in [2.24, 2.45) is 0 Å². The standard InChI is InChI=1S/C13H19N3O/c14-10-7-8-15-12(9-10)13(17)16-11-5-3-1-2-4-6-11/h7-9,11H,1-6H2,(H2,14,15)(H,16,17). The number of carbonyl (C=O) groups excluding carboxylic acids is 1. The molecule has 0 radical (unpaired) electrons. The van der Waals surface area contributed by atoms with Gasteiger partial charge < -0.3 is 11.1 Å². The summed E-state index contributed by atoms with van der Waals surface area (Å²) in [5.41, 5.74) is 6.62. The number of carbonyl (C=O) groups is 1. The summed E-state index contributed by atoms with van der Waals surface area (Å²) in [4.78, 5) is 16.0. The minimum absolute atomic E-state index is 0.107. The van der Waals surface area contributed by atoms with E-state index in [4.69, 9.17) is 5.73 Å². The first-order valence-corrected chi connectivity index (χ1v) is 6.28. The summed E-state index contributed by atoms with van der Waals surface area (Å²) in [5, 5.41) is 3.05. The number of anilines is 1. The second-order valence-electron chi connectivity index (χ2n) is 4.64. The molecule has 1 aliphatic rings. The predicted octanol–water partition coefficient (Wildman–Crippen LogP) is 2.12. The molecule has 1 amide bonds. The molecule has 1 aromatic rings. The highest BCUT2D eigenvalue weighted by molar-refractivity contribution is 5.93. The predicted molar refractivity (Wildman–Crippen MR) is 67.6 cm³/mol. The van der Waals surface area contributed by atoms with Crippen molar-refractivity contribution in [1.29, 1.82) is 0 Å². The number of nitrogens with one attached hydrogen (secondary N) is 1. The van der Waals surface area contributed by atoms with Crippen LogP contribution < -0.4 is 11.1 Å². The van der Waals surface area contributed by atoms with Crippen LogP contribution in [-0.4, -0.2) is 16.9 Å². The Balaban J connectivity index is 1.96. The average Bonchev–Trinajstić information content (AvgIpc) is 2.57. The fourth-order valence-electron chi connectivity index (χ4n) is 2.25. The number of hydrogen-bond donors (Lipinski definition) is 2. The van der Waals surface area contributed by atoms with Crippen LogP contribution in [0.3, 0.4) is 0 Å². The lowest BCUT2D eigenvalue weighted by molar-refractivity contribution is 0.0928. The Kier molecular flexibility index (Phi) is 3.96. The Bertz CT molecular complexity index is 384. The first kappa shape index (κ1) is 11.9. The van der Waals surface area contributed by atoms with Crippen molar-refractivity contribution in [2.75, 3.05) is 5.73 Å². The Hall–Kier alpha value is -1.58. The zero-order valence-electron chi connectivity index (χ0n) is 9.98. The molecule has 2 rings (SSSR count). The highest BCUT2D eigenvalue weighted by atomic mass is 16.1. The van der Waals surface area contributed by atoms with Crippen LogP contribution in [0.25, 0.3) is 0 Å². The number of pyridine rings is 1. The summed E-state index contributed by atoms with van der Waals surface area (Å²) in [6.45, 7) is 0. The molecule has 1 fully saturated rings. The Morgan fingerprint density at radius 1 is 1.29 bits per heavy atom. The van der Waals surface area contributed by atoms with Crippen LogP contribution in [-0.2, 0) is 0 Å². The monoisotopic (exact) mass is 233 g/mol. The summed E-state index contributed by atoms with van der Waals surface area (Å²) in [5.74, 6) is -0.107. The van der Waals surface area contributed by atoms with E-state index >= 15 is 0 Å². The molecule has 17 heavy (non-hydrogen) atoms. The Morgan fingerprint density at radius 2 is 2.00 bits per heavy atom. The topological polar surface area (TPSA) is 68.0 Å². The molecule has 0 saturated heterocycles. The van der Waals surface area contributed by atoms with E-state index in [9.17, 15) is 4.79 Å². The quantitative estimate of drug-likeness (QED) is 0.769. The normalized spacial score (nSPS) is 17.4. The first-order chi connectivity index (χ1) is 8.25. The highest BCUT2D eigenvalue weighted by Crippen LogP contribution is 2.17. The molecular formula is C13H19N3O. The number of hydrogen-bond acceptors (Lipinski definition) is 3. The molecule has 0 spiro atoms. The number of amides is 1. The highest BCUT2D eigenvalue weighted by Gasteiger charge is 2.16.